The predicted octanol–water partition coefficient (Wildman–Crippen LogP) is 9.09. The molecule has 0 heterocycles. The lowest BCUT2D eigenvalue weighted by atomic mass is 9.79. The highest BCUT2D eigenvalue weighted by atomic mass is 19.2. The lowest BCUT2D eigenvalue weighted by Gasteiger charge is -2.27. The fourth-order valence-electron chi connectivity index (χ4n) is 4.61. The highest BCUT2D eigenvalue weighted by molar-refractivity contribution is 5.87. The summed E-state index contributed by atoms with van der Waals surface area (Å²) in [6.45, 7) is 5.87. The number of rotatable bonds is 9. The molecule has 1 fully saturated rings. The lowest BCUT2D eigenvalue weighted by Crippen LogP contribution is -2.15. The van der Waals surface area contributed by atoms with E-state index in [1.54, 1.807) is 18.2 Å². The molecule has 0 aromatic heterocycles. The molecule has 2 aromatic rings. The standard InChI is InChI=1S/C27H33F3/c1-3-5-7-9-20-14-15-22-18-23(16-17-24(22)25(20)28)27(30)26(29)21-12-10-19(11-13-21)8-6-4-2/h4,14-19,21H,2-3,5-13H2,1H3. The quantitative estimate of drug-likeness (QED) is 0.283. The number of hydrogen-bond acceptors (Lipinski definition) is 0. The third kappa shape index (κ3) is 5.36. The maximum Gasteiger partial charge on any atom is 0.162 e. The van der Waals surface area contributed by atoms with Crippen molar-refractivity contribution >= 4 is 16.6 Å². The Bertz CT molecular complexity index is 888. The first-order valence-corrected chi connectivity index (χ1v) is 11.4. The number of hydrogen-bond donors (Lipinski definition) is 0. The third-order valence-electron chi connectivity index (χ3n) is 6.53. The normalized spacial score (nSPS) is 20.3. The first-order valence-electron chi connectivity index (χ1n) is 11.4. The zero-order valence-corrected chi connectivity index (χ0v) is 18.0. The van der Waals surface area contributed by atoms with E-state index < -0.39 is 11.7 Å². The van der Waals surface area contributed by atoms with Crippen LogP contribution in [0.5, 0.6) is 0 Å². The summed E-state index contributed by atoms with van der Waals surface area (Å²) in [7, 11) is 0. The number of aryl methyl sites for hydroxylation is 1. The van der Waals surface area contributed by atoms with Crippen LogP contribution in [0.15, 0.2) is 48.8 Å². The first-order chi connectivity index (χ1) is 14.5. The van der Waals surface area contributed by atoms with Crippen molar-refractivity contribution < 1.29 is 13.2 Å². The first kappa shape index (κ1) is 22.7. The van der Waals surface area contributed by atoms with E-state index in [1.807, 2.05) is 12.1 Å². The SMILES string of the molecule is C=CCCC1CCC(C(F)=C(F)c2ccc3c(F)c(CCCCC)ccc3c2)CC1. The molecule has 3 rings (SSSR count). The summed E-state index contributed by atoms with van der Waals surface area (Å²) in [4.78, 5) is 0. The van der Waals surface area contributed by atoms with Gasteiger partial charge < -0.3 is 0 Å². The average Bonchev–Trinajstić information content (AvgIpc) is 2.78. The van der Waals surface area contributed by atoms with E-state index in [9.17, 15) is 13.2 Å². The largest absolute Gasteiger partial charge is 0.208 e. The maximum atomic E-state index is 14.9. The molecule has 0 saturated heterocycles. The van der Waals surface area contributed by atoms with Gasteiger partial charge in [0.15, 0.2) is 5.83 Å². The molecule has 0 unspecified atom stereocenters. The van der Waals surface area contributed by atoms with Gasteiger partial charge in [0.1, 0.15) is 11.6 Å². The molecule has 1 aliphatic carbocycles. The molecular weight excluding hydrogens is 381 g/mol. The predicted molar refractivity (Wildman–Crippen MR) is 121 cm³/mol. The van der Waals surface area contributed by atoms with Crippen molar-refractivity contribution in [2.24, 2.45) is 11.8 Å². The molecule has 1 saturated carbocycles. The smallest absolute Gasteiger partial charge is 0.162 e. The van der Waals surface area contributed by atoms with Gasteiger partial charge in [-0.15, -0.1) is 6.58 Å². The second kappa shape index (κ2) is 10.8. The maximum absolute atomic E-state index is 14.9. The molecular formula is C27H33F3. The third-order valence-corrected chi connectivity index (χ3v) is 6.53. The van der Waals surface area contributed by atoms with Gasteiger partial charge in [-0.05, 0) is 74.3 Å². The van der Waals surface area contributed by atoms with Gasteiger partial charge in [-0.3, -0.25) is 0 Å². The van der Waals surface area contributed by atoms with Crippen LogP contribution in [-0.4, -0.2) is 0 Å². The Morgan fingerprint density at radius 3 is 2.53 bits per heavy atom. The lowest BCUT2D eigenvalue weighted by molar-refractivity contribution is 0.263. The molecule has 0 N–H and O–H groups in total. The Hall–Kier alpha value is -2.03. The minimum absolute atomic E-state index is 0.201. The molecule has 0 nitrogen and oxygen atoms in total. The fraction of sp³-hybridized carbons (Fsp3) is 0.481. The van der Waals surface area contributed by atoms with Crippen molar-refractivity contribution in [3.8, 4) is 0 Å². The van der Waals surface area contributed by atoms with Crippen LogP contribution < -0.4 is 0 Å². The highest BCUT2D eigenvalue weighted by Gasteiger charge is 2.26. The van der Waals surface area contributed by atoms with Crippen LogP contribution in [0.3, 0.4) is 0 Å². The summed E-state index contributed by atoms with van der Waals surface area (Å²) in [6, 6.07) is 8.26. The average molecular weight is 415 g/mol. The Morgan fingerprint density at radius 1 is 1.07 bits per heavy atom. The van der Waals surface area contributed by atoms with Gasteiger partial charge in [0.05, 0.1) is 0 Å². The summed E-state index contributed by atoms with van der Waals surface area (Å²) >= 11 is 0. The van der Waals surface area contributed by atoms with Crippen molar-refractivity contribution in [1.29, 1.82) is 0 Å². The van der Waals surface area contributed by atoms with Crippen molar-refractivity contribution in [1.82, 2.24) is 0 Å². The minimum Gasteiger partial charge on any atom is -0.208 e. The fourth-order valence-corrected chi connectivity index (χ4v) is 4.61. The van der Waals surface area contributed by atoms with Gasteiger partial charge in [0.25, 0.3) is 0 Å². The van der Waals surface area contributed by atoms with E-state index in [-0.39, 0.29) is 17.3 Å². The topological polar surface area (TPSA) is 0 Å². The molecule has 0 radical (unpaired) electrons. The number of fused-ring (bicyclic) bond motifs is 1. The summed E-state index contributed by atoms with van der Waals surface area (Å²) in [5, 5.41) is 1.09. The van der Waals surface area contributed by atoms with Crippen molar-refractivity contribution in [2.45, 2.75) is 71.1 Å². The highest BCUT2D eigenvalue weighted by Crippen LogP contribution is 2.39. The summed E-state index contributed by atoms with van der Waals surface area (Å²) in [5.41, 5.74) is 0.894. The molecule has 3 heteroatoms. The molecule has 0 bridgehead atoms. The Labute approximate surface area is 178 Å². The zero-order chi connectivity index (χ0) is 21.5. The summed E-state index contributed by atoms with van der Waals surface area (Å²) in [6.07, 6.45) is 11.0. The minimum atomic E-state index is -0.793. The van der Waals surface area contributed by atoms with Gasteiger partial charge in [-0.1, -0.05) is 50.1 Å². The van der Waals surface area contributed by atoms with E-state index in [0.717, 1.165) is 44.9 Å². The second-order valence-electron chi connectivity index (χ2n) is 8.68. The number of unbranched alkanes of at least 4 members (excludes halogenated alkanes) is 2. The Morgan fingerprint density at radius 2 is 1.83 bits per heavy atom. The van der Waals surface area contributed by atoms with Crippen LogP contribution in [0.4, 0.5) is 13.2 Å². The van der Waals surface area contributed by atoms with E-state index in [1.165, 1.54) is 6.07 Å². The van der Waals surface area contributed by atoms with Gasteiger partial charge in [-0.2, -0.15) is 0 Å². The van der Waals surface area contributed by atoms with E-state index >= 15 is 0 Å². The van der Waals surface area contributed by atoms with Crippen LogP contribution in [0, 0.1) is 17.7 Å². The number of benzene rings is 2. The second-order valence-corrected chi connectivity index (χ2v) is 8.68. The summed E-state index contributed by atoms with van der Waals surface area (Å²) in [5.74, 6) is -1.44. The van der Waals surface area contributed by atoms with Crippen LogP contribution >= 0.6 is 0 Å². The molecule has 0 amide bonds. The van der Waals surface area contributed by atoms with Gasteiger partial charge in [0.2, 0.25) is 0 Å². The van der Waals surface area contributed by atoms with E-state index in [0.29, 0.717) is 41.5 Å². The van der Waals surface area contributed by atoms with Crippen LogP contribution in [0.2, 0.25) is 0 Å². The summed E-state index contributed by atoms with van der Waals surface area (Å²) < 4.78 is 44.6. The van der Waals surface area contributed by atoms with E-state index in [4.69, 9.17) is 0 Å². The van der Waals surface area contributed by atoms with Crippen LogP contribution in [0.25, 0.3) is 16.6 Å². The molecule has 1 aliphatic rings. The monoisotopic (exact) mass is 414 g/mol. The van der Waals surface area contributed by atoms with Crippen LogP contribution in [0.1, 0.15) is 75.8 Å². The van der Waals surface area contributed by atoms with Gasteiger partial charge in [0, 0.05) is 16.9 Å². The molecule has 0 spiro atoms. The van der Waals surface area contributed by atoms with Gasteiger partial charge in [-0.25, -0.2) is 13.2 Å². The number of halogens is 3. The van der Waals surface area contributed by atoms with Crippen molar-refractivity contribution in [3.63, 3.8) is 0 Å². The molecule has 2 aromatic carbocycles. The molecule has 0 aliphatic heterocycles. The van der Waals surface area contributed by atoms with Crippen molar-refractivity contribution in [2.75, 3.05) is 0 Å². The molecule has 0 atom stereocenters. The van der Waals surface area contributed by atoms with E-state index in [2.05, 4.69) is 13.5 Å². The molecule has 162 valence electrons. The Kier molecular flexibility index (Phi) is 8.18. The van der Waals surface area contributed by atoms with Gasteiger partial charge >= 0.3 is 0 Å². The molecule has 30 heavy (non-hydrogen) atoms. The van der Waals surface area contributed by atoms with Crippen molar-refractivity contribution in [3.05, 3.63) is 65.8 Å². The Balaban J connectivity index is 1.75. The zero-order valence-electron chi connectivity index (χ0n) is 18.0. The van der Waals surface area contributed by atoms with Crippen LogP contribution in [-0.2, 0) is 6.42 Å². The number of allylic oxidation sites excluding steroid dienone is 2.